The molecule has 0 radical (unpaired) electrons. The lowest BCUT2D eigenvalue weighted by atomic mass is 10.0. The van der Waals surface area contributed by atoms with Gasteiger partial charge in [0, 0.05) is 10.2 Å². The topological polar surface area (TPSA) is 52.3 Å². The van der Waals surface area contributed by atoms with Crippen LogP contribution >= 0.6 is 15.9 Å². The van der Waals surface area contributed by atoms with Gasteiger partial charge in [-0.15, -0.1) is 0 Å². The predicted octanol–water partition coefficient (Wildman–Crippen LogP) is 3.09. The number of benzene rings is 1. The van der Waals surface area contributed by atoms with Crippen molar-refractivity contribution in [2.45, 2.75) is 25.7 Å². The van der Waals surface area contributed by atoms with E-state index in [9.17, 15) is 4.79 Å². The van der Waals surface area contributed by atoms with Crippen LogP contribution in [0.25, 0.3) is 0 Å². The second-order valence-electron chi connectivity index (χ2n) is 3.96. The Morgan fingerprint density at radius 2 is 2.25 bits per heavy atom. The van der Waals surface area contributed by atoms with Crippen LogP contribution < -0.4 is 5.73 Å². The van der Waals surface area contributed by atoms with Crippen molar-refractivity contribution < 1.29 is 9.53 Å². The smallest absolute Gasteiger partial charge is 0.338 e. The molecule has 0 unspecified atom stereocenters. The fraction of sp³-hybridized carbons (Fsp3) is 0.417. The molecule has 86 valence electrons. The van der Waals surface area contributed by atoms with Crippen LogP contribution in [0, 0.1) is 0 Å². The third-order valence-electron chi connectivity index (χ3n) is 2.69. The number of esters is 1. The molecule has 2 rings (SSSR count). The van der Waals surface area contributed by atoms with Crippen molar-refractivity contribution in [1.82, 2.24) is 0 Å². The molecule has 0 atom stereocenters. The van der Waals surface area contributed by atoms with Gasteiger partial charge < -0.3 is 10.5 Å². The third-order valence-corrected chi connectivity index (χ3v) is 3.35. The minimum absolute atomic E-state index is 0.287. The Bertz CT molecular complexity index is 427. The number of hydrogen-bond acceptors (Lipinski definition) is 3. The molecular weight excluding hydrogens is 270 g/mol. The van der Waals surface area contributed by atoms with E-state index in [1.54, 1.807) is 13.0 Å². The Balaban J connectivity index is 2.36. The maximum atomic E-state index is 11.6. The maximum absolute atomic E-state index is 11.6. The zero-order valence-corrected chi connectivity index (χ0v) is 10.7. The predicted molar refractivity (Wildman–Crippen MR) is 66.5 cm³/mol. The monoisotopic (exact) mass is 283 g/mol. The highest BCUT2D eigenvalue weighted by atomic mass is 79.9. The highest BCUT2D eigenvalue weighted by molar-refractivity contribution is 9.10. The van der Waals surface area contributed by atoms with Gasteiger partial charge in [0.15, 0.2) is 0 Å². The standard InChI is InChI=1S/C12H14BrNO2/c1-2-16-12(15)8-5-9(7-3-4-7)11(14)10(13)6-8/h5-7H,2-4,14H2,1H3. The molecule has 3 nitrogen and oxygen atoms in total. The number of anilines is 1. The van der Waals surface area contributed by atoms with E-state index in [0.29, 0.717) is 18.1 Å². The Hall–Kier alpha value is -1.03. The molecular formula is C12H14BrNO2. The second kappa shape index (κ2) is 4.45. The third kappa shape index (κ3) is 2.21. The van der Waals surface area contributed by atoms with Gasteiger partial charge in [0.05, 0.1) is 12.2 Å². The number of rotatable bonds is 3. The quantitative estimate of drug-likeness (QED) is 0.685. The lowest BCUT2D eigenvalue weighted by molar-refractivity contribution is 0.0526. The zero-order chi connectivity index (χ0) is 11.7. The molecule has 0 spiro atoms. The van der Waals surface area contributed by atoms with Crippen molar-refractivity contribution in [2.24, 2.45) is 0 Å². The van der Waals surface area contributed by atoms with Crippen molar-refractivity contribution in [3.05, 3.63) is 27.7 Å². The Morgan fingerprint density at radius 3 is 2.81 bits per heavy atom. The zero-order valence-electron chi connectivity index (χ0n) is 9.13. The molecule has 1 fully saturated rings. The number of ether oxygens (including phenoxy) is 1. The summed E-state index contributed by atoms with van der Waals surface area (Å²) in [7, 11) is 0. The van der Waals surface area contributed by atoms with Crippen molar-refractivity contribution in [3.63, 3.8) is 0 Å². The molecule has 2 N–H and O–H groups in total. The minimum Gasteiger partial charge on any atom is -0.462 e. The van der Waals surface area contributed by atoms with Gasteiger partial charge in [-0.05, 0) is 59.3 Å². The van der Waals surface area contributed by atoms with Crippen LogP contribution in [-0.2, 0) is 4.74 Å². The molecule has 16 heavy (non-hydrogen) atoms. The van der Waals surface area contributed by atoms with E-state index in [-0.39, 0.29) is 5.97 Å². The van der Waals surface area contributed by atoms with E-state index >= 15 is 0 Å². The average Bonchev–Trinajstić information content (AvgIpc) is 3.06. The lowest BCUT2D eigenvalue weighted by Gasteiger charge is -2.09. The molecule has 0 aromatic heterocycles. The fourth-order valence-electron chi connectivity index (χ4n) is 1.70. The summed E-state index contributed by atoms with van der Waals surface area (Å²) in [6.45, 7) is 2.19. The molecule has 4 heteroatoms. The van der Waals surface area contributed by atoms with Crippen LogP contribution in [0.15, 0.2) is 16.6 Å². The largest absolute Gasteiger partial charge is 0.462 e. The van der Waals surface area contributed by atoms with Crippen molar-refractivity contribution in [2.75, 3.05) is 12.3 Å². The summed E-state index contributed by atoms with van der Waals surface area (Å²) in [5, 5.41) is 0. The summed E-state index contributed by atoms with van der Waals surface area (Å²) in [6, 6.07) is 3.58. The summed E-state index contributed by atoms with van der Waals surface area (Å²) in [5.74, 6) is 0.232. The Labute approximate surface area is 103 Å². The first-order valence-corrected chi connectivity index (χ1v) is 6.18. The Morgan fingerprint density at radius 1 is 1.56 bits per heavy atom. The van der Waals surface area contributed by atoms with Crippen LogP contribution in [0.2, 0.25) is 0 Å². The van der Waals surface area contributed by atoms with E-state index in [0.717, 1.165) is 28.6 Å². The van der Waals surface area contributed by atoms with Crippen molar-refractivity contribution in [1.29, 1.82) is 0 Å². The van der Waals surface area contributed by atoms with Crippen molar-refractivity contribution in [3.8, 4) is 0 Å². The van der Waals surface area contributed by atoms with E-state index in [1.165, 1.54) is 0 Å². The Kier molecular flexibility index (Phi) is 3.19. The highest BCUT2D eigenvalue weighted by Crippen LogP contribution is 2.44. The molecule has 0 bridgehead atoms. The van der Waals surface area contributed by atoms with E-state index in [1.807, 2.05) is 6.07 Å². The lowest BCUT2D eigenvalue weighted by Crippen LogP contribution is -2.06. The van der Waals surface area contributed by atoms with Crippen LogP contribution in [0.4, 0.5) is 5.69 Å². The summed E-state index contributed by atoms with van der Waals surface area (Å²) in [5.41, 5.74) is 8.35. The van der Waals surface area contributed by atoms with Crippen LogP contribution in [0.3, 0.4) is 0 Å². The molecule has 1 aromatic rings. The number of carbonyl (C=O) groups excluding carboxylic acids is 1. The van der Waals surface area contributed by atoms with Gasteiger partial charge in [-0.2, -0.15) is 0 Å². The number of nitrogen functional groups attached to an aromatic ring is 1. The van der Waals surface area contributed by atoms with Gasteiger partial charge in [0.1, 0.15) is 0 Å². The first-order valence-electron chi connectivity index (χ1n) is 5.39. The van der Waals surface area contributed by atoms with Crippen LogP contribution in [-0.4, -0.2) is 12.6 Å². The van der Waals surface area contributed by atoms with Gasteiger partial charge in [0.2, 0.25) is 0 Å². The van der Waals surface area contributed by atoms with E-state index in [4.69, 9.17) is 10.5 Å². The van der Waals surface area contributed by atoms with Gasteiger partial charge >= 0.3 is 5.97 Å². The number of nitrogens with two attached hydrogens (primary N) is 1. The molecule has 0 amide bonds. The summed E-state index contributed by atoms with van der Waals surface area (Å²) < 4.78 is 5.76. The van der Waals surface area contributed by atoms with Crippen LogP contribution in [0.1, 0.15) is 41.6 Å². The first kappa shape index (κ1) is 11.5. The molecule has 0 aliphatic heterocycles. The first-order chi connectivity index (χ1) is 7.63. The van der Waals surface area contributed by atoms with Crippen molar-refractivity contribution >= 4 is 27.6 Å². The molecule has 1 aromatic carbocycles. The number of carbonyl (C=O) groups is 1. The molecule has 0 heterocycles. The molecule has 1 saturated carbocycles. The molecule has 1 aliphatic carbocycles. The van der Waals surface area contributed by atoms with Gasteiger partial charge in [0.25, 0.3) is 0 Å². The summed E-state index contributed by atoms with van der Waals surface area (Å²) in [6.07, 6.45) is 2.31. The van der Waals surface area contributed by atoms with Crippen LogP contribution in [0.5, 0.6) is 0 Å². The molecule has 0 saturated heterocycles. The number of halogens is 1. The summed E-state index contributed by atoms with van der Waals surface area (Å²) >= 11 is 3.38. The SMILES string of the molecule is CCOC(=O)c1cc(Br)c(N)c(C2CC2)c1. The van der Waals surface area contributed by atoms with E-state index < -0.39 is 0 Å². The van der Waals surface area contributed by atoms with E-state index in [2.05, 4.69) is 15.9 Å². The average molecular weight is 284 g/mol. The normalized spacial score (nSPS) is 14.9. The maximum Gasteiger partial charge on any atom is 0.338 e. The highest BCUT2D eigenvalue weighted by Gasteiger charge is 2.27. The number of hydrogen-bond donors (Lipinski definition) is 1. The second-order valence-corrected chi connectivity index (χ2v) is 4.81. The van der Waals surface area contributed by atoms with Gasteiger partial charge in [-0.25, -0.2) is 4.79 Å². The fourth-order valence-corrected chi connectivity index (χ4v) is 2.18. The minimum atomic E-state index is -0.287. The summed E-state index contributed by atoms with van der Waals surface area (Å²) in [4.78, 5) is 11.6. The van der Waals surface area contributed by atoms with Gasteiger partial charge in [-0.3, -0.25) is 0 Å². The molecule has 1 aliphatic rings. The van der Waals surface area contributed by atoms with Gasteiger partial charge in [-0.1, -0.05) is 0 Å².